The number of nitrogen functional groups attached to an aromatic ring is 1. The number of para-hydroxylation sites is 4. The lowest BCUT2D eigenvalue weighted by Crippen LogP contribution is -2.37. The van der Waals surface area contributed by atoms with Crippen molar-refractivity contribution in [2.24, 2.45) is 21.1 Å². The first-order chi connectivity index (χ1) is 31.6. The molecule has 65 heavy (non-hydrogen) atoms. The van der Waals surface area contributed by atoms with Crippen LogP contribution in [-0.4, -0.2) is 108 Å². The summed E-state index contributed by atoms with van der Waals surface area (Å²) in [7, 11) is 7.41. The van der Waals surface area contributed by atoms with Gasteiger partial charge in [-0.2, -0.15) is 10.2 Å². The van der Waals surface area contributed by atoms with Crippen LogP contribution in [-0.2, 0) is 21.1 Å². The Morgan fingerprint density at radius 1 is 0.708 bits per heavy atom. The van der Waals surface area contributed by atoms with E-state index in [9.17, 15) is 14.4 Å². The number of anilines is 4. The quantitative estimate of drug-likeness (QED) is 0.165. The van der Waals surface area contributed by atoms with Crippen molar-refractivity contribution in [3.63, 3.8) is 0 Å². The molecular formula is C44H50N18O3. The van der Waals surface area contributed by atoms with Gasteiger partial charge in [0.2, 0.25) is 0 Å². The van der Waals surface area contributed by atoms with Gasteiger partial charge >= 0.3 is 11.4 Å². The van der Waals surface area contributed by atoms with Crippen LogP contribution in [0.4, 0.5) is 23.1 Å². The van der Waals surface area contributed by atoms with E-state index in [2.05, 4.69) is 55.2 Å². The number of nitrogens with one attached hydrogen (secondary N) is 3. The highest BCUT2D eigenvalue weighted by atomic mass is 16.2. The summed E-state index contributed by atoms with van der Waals surface area (Å²) in [4.78, 5) is 67.7. The van der Waals surface area contributed by atoms with E-state index >= 15 is 0 Å². The zero-order chi connectivity index (χ0) is 45.2. The lowest BCUT2D eigenvalue weighted by molar-refractivity contribution is 0.112. The highest BCUT2D eigenvalue weighted by Crippen LogP contribution is 2.33. The third-order valence-electron chi connectivity index (χ3n) is 12.1. The van der Waals surface area contributed by atoms with Crippen molar-refractivity contribution in [3.8, 4) is 11.4 Å². The number of nitrogens with two attached hydrogens (primary N) is 1. The predicted molar refractivity (Wildman–Crippen MR) is 249 cm³/mol. The van der Waals surface area contributed by atoms with Gasteiger partial charge in [-0.1, -0.05) is 24.3 Å². The van der Waals surface area contributed by atoms with Gasteiger partial charge in [-0.3, -0.25) is 23.3 Å². The number of fused-ring (bicyclic) bond motifs is 3. The summed E-state index contributed by atoms with van der Waals surface area (Å²) in [5.41, 5.74) is 13.5. The lowest BCUT2D eigenvalue weighted by Gasteiger charge is -2.33. The Balaban J connectivity index is 0.000000143. The largest absolute Gasteiger partial charge is 0.393 e. The van der Waals surface area contributed by atoms with Crippen molar-refractivity contribution in [1.82, 2.24) is 68.2 Å². The fraction of sp³-hybridized carbons (Fsp3) is 0.318. The molecule has 21 heteroatoms. The Morgan fingerprint density at radius 2 is 1.25 bits per heavy atom. The van der Waals surface area contributed by atoms with E-state index in [0.29, 0.717) is 17.1 Å². The first kappa shape index (κ1) is 42.2. The van der Waals surface area contributed by atoms with Crippen molar-refractivity contribution in [2.45, 2.75) is 37.8 Å². The minimum atomic E-state index is -0.0429. The van der Waals surface area contributed by atoms with Gasteiger partial charge in [0, 0.05) is 78.8 Å². The molecule has 0 atom stereocenters. The van der Waals surface area contributed by atoms with Crippen LogP contribution >= 0.6 is 0 Å². The number of carbonyl (C=O) groups is 1. The Labute approximate surface area is 371 Å². The number of aldehydes is 1. The van der Waals surface area contributed by atoms with Crippen LogP contribution in [0, 0.1) is 0 Å². The van der Waals surface area contributed by atoms with Crippen molar-refractivity contribution in [2.75, 3.05) is 54.1 Å². The van der Waals surface area contributed by atoms with Gasteiger partial charge in [0.25, 0.3) is 0 Å². The summed E-state index contributed by atoms with van der Waals surface area (Å²) in [6, 6.07) is 16.0. The highest BCUT2D eigenvalue weighted by molar-refractivity contribution is 5.87. The molecule has 2 aromatic carbocycles. The minimum Gasteiger partial charge on any atom is -0.393 e. The topological polar surface area (TPSA) is 242 Å². The van der Waals surface area contributed by atoms with E-state index < -0.39 is 0 Å². The number of hydrogen-bond acceptors (Lipinski definition) is 14. The number of H-pyrrole nitrogens is 2. The number of benzene rings is 2. The summed E-state index contributed by atoms with van der Waals surface area (Å²) in [5, 5.41) is 11.0. The van der Waals surface area contributed by atoms with E-state index in [1.807, 2.05) is 82.5 Å². The van der Waals surface area contributed by atoms with Crippen LogP contribution in [0.2, 0.25) is 0 Å². The molecule has 7 aromatic heterocycles. The number of nitrogens with zero attached hydrogens (tertiary/aromatic N) is 14. The Morgan fingerprint density at radius 3 is 1.77 bits per heavy atom. The Hall–Kier alpha value is -8.10. The van der Waals surface area contributed by atoms with Crippen LogP contribution < -0.4 is 32.2 Å². The molecule has 9 aromatic rings. The van der Waals surface area contributed by atoms with Crippen molar-refractivity contribution < 1.29 is 4.79 Å². The van der Waals surface area contributed by atoms with Crippen LogP contribution in [0.25, 0.3) is 44.6 Å². The van der Waals surface area contributed by atoms with Gasteiger partial charge in [0.1, 0.15) is 24.2 Å². The van der Waals surface area contributed by atoms with Crippen LogP contribution in [0.5, 0.6) is 0 Å². The summed E-state index contributed by atoms with van der Waals surface area (Å²) in [6.07, 6.45) is 14.3. The Kier molecular flexibility index (Phi) is 11.7. The van der Waals surface area contributed by atoms with Crippen LogP contribution in [0.3, 0.4) is 0 Å². The maximum absolute atomic E-state index is 12.6. The second-order valence-electron chi connectivity index (χ2n) is 16.1. The Bertz CT molecular complexity index is 3220. The zero-order valence-electron chi connectivity index (χ0n) is 36.5. The SMILES string of the molecule is CNc1ncnc(N2CCC(n3c(=O)[nH]c4ccccc43)CC2)c1N.Cn1cc(-c2nc3c(N4CCC(n5c(=O)[nH]c6ccccc65)CC4)ncnc3n2C)cn1.Cn1cc(C=O)cn1. The number of carbonyl (C=O) groups excluding carboxylic acids is 1. The molecule has 0 bridgehead atoms. The zero-order valence-corrected chi connectivity index (χ0v) is 36.5. The number of imidazole rings is 3. The number of piperidine rings is 2. The van der Waals surface area contributed by atoms with Crippen molar-refractivity contribution in [3.05, 3.63) is 113 Å². The maximum Gasteiger partial charge on any atom is 0.326 e. The molecule has 21 nitrogen and oxygen atoms in total. The van der Waals surface area contributed by atoms with Crippen LogP contribution in [0.15, 0.2) is 95.6 Å². The normalized spacial score (nSPS) is 14.6. The van der Waals surface area contributed by atoms with E-state index in [1.165, 1.54) is 12.5 Å². The van der Waals surface area contributed by atoms with Crippen molar-refractivity contribution >= 4 is 62.7 Å². The standard InChI is InChI=1S/C22H23N9O.C17H21N7O.C5H6N2O/c1-28-12-14(11-25-28)19-27-18-20(29(19)2)23-13-24-21(18)30-9-7-15(8-10-30)31-17-6-4-3-5-16(17)26-22(31)32;1-19-15-14(18)16(21-10-20-15)23-8-6-11(7-9-23)24-13-5-3-2-4-12(13)22-17(24)25;1-7-3-5(4-8)2-6-7/h3-6,11-13,15H,7-10H2,1-2H3,(H,26,32);2-5,10-11H,6-9,18H2,1H3,(H,22,25)(H,19,20,21);2-4H,1H3. The average Bonchev–Trinajstić information content (AvgIpc) is 4.17. The first-order valence-corrected chi connectivity index (χ1v) is 21.4. The second-order valence-corrected chi connectivity index (χ2v) is 16.1. The molecular weight excluding hydrogens is 829 g/mol. The summed E-state index contributed by atoms with van der Waals surface area (Å²) >= 11 is 0. The first-order valence-electron chi connectivity index (χ1n) is 21.4. The molecule has 5 N–H and O–H groups in total. The molecule has 2 fully saturated rings. The monoisotopic (exact) mass is 878 g/mol. The van der Waals surface area contributed by atoms with Gasteiger partial charge in [-0.05, 0) is 49.9 Å². The molecule has 9 heterocycles. The number of rotatable bonds is 7. The van der Waals surface area contributed by atoms with Gasteiger partial charge < -0.3 is 35.4 Å². The molecule has 2 saturated heterocycles. The van der Waals surface area contributed by atoms with E-state index in [0.717, 1.165) is 114 Å². The van der Waals surface area contributed by atoms with Crippen molar-refractivity contribution in [1.29, 1.82) is 0 Å². The molecule has 0 spiro atoms. The molecule has 334 valence electrons. The fourth-order valence-corrected chi connectivity index (χ4v) is 8.90. The van der Waals surface area contributed by atoms with Gasteiger partial charge in [-0.25, -0.2) is 34.5 Å². The second kappa shape index (κ2) is 17.9. The molecule has 0 radical (unpaired) electrons. The molecule has 0 amide bonds. The molecule has 2 aliphatic rings. The maximum atomic E-state index is 12.6. The third-order valence-corrected chi connectivity index (χ3v) is 12.1. The van der Waals surface area contributed by atoms with Gasteiger partial charge in [-0.15, -0.1) is 0 Å². The van der Waals surface area contributed by atoms with Gasteiger partial charge in [0.15, 0.2) is 34.9 Å². The third kappa shape index (κ3) is 8.30. The fourth-order valence-electron chi connectivity index (χ4n) is 8.90. The van der Waals surface area contributed by atoms with Crippen LogP contribution in [0.1, 0.15) is 48.1 Å². The smallest absolute Gasteiger partial charge is 0.326 e. The average molecular weight is 879 g/mol. The summed E-state index contributed by atoms with van der Waals surface area (Å²) < 4.78 is 9.12. The molecule has 11 rings (SSSR count). The van der Waals surface area contributed by atoms with Gasteiger partial charge in [0.05, 0.1) is 45.6 Å². The number of aromatic nitrogens is 14. The highest BCUT2D eigenvalue weighted by Gasteiger charge is 2.28. The molecule has 0 saturated carbocycles. The molecule has 0 aliphatic carbocycles. The summed E-state index contributed by atoms with van der Waals surface area (Å²) in [6.45, 7) is 3.17. The van der Waals surface area contributed by atoms with E-state index in [1.54, 1.807) is 42.2 Å². The van der Waals surface area contributed by atoms with E-state index in [4.69, 9.17) is 10.7 Å². The number of aryl methyl sites for hydroxylation is 3. The predicted octanol–water partition coefficient (Wildman–Crippen LogP) is 4.07. The molecule has 2 aliphatic heterocycles. The number of hydrogen-bond donors (Lipinski definition) is 4. The number of aromatic amines is 2. The van der Waals surface area contributed by atoms with E-state index in [-0.39, 0.29) is 23.5 Å². The lowest BCUT2D eigenvalue weighted by atomic mass is 10.0. The minimum absolute atomic E-state index is 0.0417. The molecule has 0 unspecified atom stereocenters. The summed E-state index contributed by atoms with van der Waals surface area (Å²) in [5.74, 6) is 3.05.